The number of nitrogens with one attached hydrogen (secondary N) is 1. The number of carbonyl (C=O) groups excluding carboxylic acids is 1. The van der Waals surface area contributed by atoms with Crippen molar-refractivity contribution in [1.29, 1.82) is 0 Å². The third-order valence-corrected chi connectivity index (χ3v) is 5.25. The lowest BCUT2D eigenvalue weighted by Gasteiger charge is -2.17. The van der Waals surface area contributed by atoms with Crippen LogP contribution < -0.4 is 19.7 Å². The molecule has 1 amide bonds. The molecule has 2 aromatic carbocycles. The number of nitrogens with zero attached hydrogens (tertiary/aromatic N) is 1. The molecule has 5 nitrogen and oxygen atoms in total. The van der Waals surface area contributed by atoms with E-state index in [2.05, 4.69) is 29.3 Å². The molecule has 6 heteroatoms. The maximum Gasteiger partial charge on any atom is 0.228 e. The zero-order valence-corrected chi connectivity index (χ0v) is 16.1. The Hall–Kier alpha value is -2.40. The fourth-order valence-corrected chi connectivity index (χ4v) is 3.92. The Labute approximate surface area is 164 Å². The number of hydrogen-bond acceptors (Lipinski definition) is 4. The average Bonchev–Trinajstić information content (AvgIpc) is 2.89. The Morgan fingerprint density at radius 3 is 2.93 bits per heavy atom. The monoisotopic (exact) mass is 386 g/mol. The van der Waals surface area contributed by atoms with Crippen LogP contribution in [-0.4, -0.2) is 32.2 Å². The number of rotatable bonds is 4. The Bertz CT molecular complexity index is 869. The summed E-state index contributed by atoms with van der Waals surface area (Å²) in [5.41, 5.74) is 4.18. The second kappa shape index (κ2) is 7.69. The van der Waals surface area contributed by atoms with Gasteiger partial charge in [0.25, 0.3) is 0 Å². The van der Waals surface area contributed by atoms with E-state index in [0.29, 0.717) is 29.7 Å². The Kier molecular flexibility index (Phi) is 5.12. The highest BCUT2D eigenvalue weighted by molar-refractivity contribution is 6.32. The minimum atomic E-state index is -0.0819. The van der Waals surface area contributed by atoms with E-state index in [4.69, 9.17) is 21.1 Å². The van der Waals surface area contributed by atoms with E-state index in [-0.39, 0.29) is 12.3 Å². The van der Waals surface area contributed by atoms with Crippen LogP contribution in [0.15, 0.2) is 30.3 Å². The van der Waals surface area contributed by atoms with Gasteiger partial charge in [0.1, 0.15) is 0 Å². The molecule has 0 radical (unpaired) electrons. The molecule has 1 N–H and O–H groups in total. The zero-order chi connectivity index (χ0) is 18.8. The van der Waals surface area contributed by atoms with Crippen molar-refractivity contribution in [3.63, 3.8) is 0 Å². The summed E-state index contributed by atoms with van der Waals surface area (Å²) in [5.74, 6) is 1.09. The van der Waals surface area contributed by atoms with Gasteiger partial charge in [0.2, 0.25) is 5.91 Å². The first-order valence-electron chi connectivity index (χ1n) is 9.40. The summed E-state index contributed by atoms with van der Waals surface area (Å²) in [5, 5.41) is 3.48. The third kappa shape index (κ3) is 3.83. The van der Waals surface area contributed by atoms with E-state index in [1.807, 2.05) is 12.1 Å². The van der Waals surface area contributed by atoms with Gasteiger partial charge >= 0.3 is 0 Å². The van der Waals surface area contributed by atoms with Crippen molar-refractivity contribution in [3.8, 4) is 11.5 Å². The Morgan fingerprint density at radius 1 is 1.22 bits per heavy atom. The summed E-state index contributed by atoms with van der Waals surface area (Å²) >= 11 is 6.32. The van der Waals surface area contributed by atoms with E-state index < -0.39 is 0 Å². The second-order valence-electron chi connectivity index (χ2n) is 6.85. The summed E-state index contributed by atoms with van der Waals surface area (Å²) in [4.78, 5) is 14.9. The summed E-state index contributed by atoms with van der Waals surface area (Å²) in [6.45, 7) is 5.33. The molecule has 0 aromatic heterocycles. The maximum absolute atomic E-state index is 12.5. The lowest BCUT2D eigenvalue weighted by atomic mass is 10.1. The topological polar surface area (TPSA) is 50.8 Å². The third-order valence-electron chi connectivity index (χ3n) is 4.97. The summed E-state index contributed by atoms with van der Waals surface area (Å²) in [7, 11) is 0. The van der Waals surface area contributed by atoms with E-state index >= 15 is 0 Å². The minimum absolute atomic E-state index is 0.0819. The number of anilines is 2. The number of carbonyl (C=O) groups is 1. The molecule has 0 saturated carbocycles. The quantitative estimate of drug-likeness (QED) is 0.860. The number of benzene rings is 2. The van der Waals surface area contributed by atoms with Gasteiger partial charge in [-0.1, -0.05) is 17.7 Å². The molecule has 0 spiro atoms. The number of amides is 1. The van der Waals surface area contributed by atoms with E-state index in [0.717, 1.165) is 37.2 Å². The van der Waals surface area contributed by atoms with Gasteiger partial charge in [-0.05, 0) is 48.7 Å². The predicted molar refractivity (Wildman–Crippen MR) is 107 cm³/mol. The normalized spacial score (nSPS) is 15.3. The molecule has 0 bridgehead atoms. The number of fused-ring (bicyclic) bond motifs is 2. The maximum atomic E-state index is 12.5. The van der Waals surface area contributed by atoms with Crippen LogP contribution in [0.1, 0.15) is 24.5 Å². The molecule has 2 heterocycles. The lowest BCUT2D eigenvalue weighted by molar-refractivity contribution is -0.115. The van der Waals surface area contributed by atoms with Gasteiger partial charge in [-0.15, -0.1) is 0 Å². The molecule has 4 rings (SSSR count). The van der Waals surface area contributed by atoms with Gasteiger partial charge in [0, 0.05) is 30.9 Å². The standard InChI is InChI=1S/C21H23ClN2O3/c1-2-24-7-6-15-4-5-16(13-18(15)24)23-20(25)12-14-10-17(22)21-19(11-14)26-8-3-9-27-21/h4-5,10-11,13H,2-3,6-9,12H2,1H3,(H,23,25). The molecule has 2 aromatic rings. The van der Waals surface area contributed by atoms with Gasteiger partial charge < -0.3 is 19.7 Å². The number of halogens is 1. The molecule has 142 valence electrons. The molecule has 0 unspecified atom stereocenters. The second-order valence-corrected chi connectivity index (χ2v) is 7.26. The van der Waals surface area contributed by atoms with Crippen LogP contribution >= 0.6 is 11.6 Å². The summed E-state index contributed by atoms with van der Waals surface area (Å²) in [6, 6.07) is 9.75. The van der Waals surface area contributed by atoms with Gasteiger partial charge in [0.15, 0.2) is 11.5 Å². The van der Waals surface area contributed by atoms with Crippen molar-refractivity contribution in [3.05, 3.63) is 46.5 Å². The van der Waals surface area contributed by atoms with E-state index in [1.165, 1.54) is 11.3 Å². The van der Waals surface area contributed by atoms with Crippen LogP contribution in [0.3, 0.4) is 0 Å². The van der Waals surface area contributed by atoms with Crippen LogP contribution in [0.2, 0.25) is 5.02 Å². The van der Waals surface area contributed by atoms with Crippen molar-refractivity contribution >= 4 is 28.9 Å². The Morgan fingerprint density at radius 2 is 2.07 bits per heavy atom. The molecule has 0 saturated heterocycles. The summed E-state index contributed by atoms with van der Waals surface area (Å²) in [6.07, 6.45) is 2.10. The van der Waals surface area contributed by atoms with Crippen LogP contribution in [-0.2, 0) is 17.6 Å². The molecular formula is C21H23ClN2O3. The zero-order valence-electron chi connectivity index (χ0n) is 15.4. The first-order valence-corrected chi connectivity index (χ1v) is 9.77. The highest BCUT2D eigenvalue weighted by atomic mass is 35.5. The minimum Gasteiger partial charge on any atom is -0.489 e. The predicted octanol–water partition coefficient (Wildman–Crippen LogP) is 4.06. The van der Waals surface area contributed by atoms with Crippen LogP contribution in [0.5, 0.6) is 11.5 Å². The molecule has 0 atom stereocenters. The average molecular weight is 387 g/mol. The van der Waals surface area contributed by atoms with Gasteiger partial charge in [-0.25, -0.2) is 0 Å². The van der Waals surface area contributed by atoms with E-state index in [9.17, 15) is 4.79 Å². The van der Waals surface area contributed by atoms with Gasteiger partial charge in [0.05, 0.1) is 24.7 Å². The van der Waals surface area contributed by atoms with Crippen molar-refractivity contribution in [2.75, 3.05) is 36.5 Å². The van der Waals surface area contributed by atoms with E-state index in [1.54, 1.807) is 6.07 Å². The molecule has 27 heavy (non-hydrogen) atoms. The molecular weight excluding hydrogens is 364 g/mol. The van der Waals surface area contributed by atoms with Gasteiger partial charge in [-0.3, -0.25) is 4.79 Å². The lowest BCUT2D eigenvalue weighted by Crippen LogP contribution is -2.19. The summed E-state index contributed by atoms with van der Waals surface area (Å²) < 4.78 is 11.3. The van der Waals surface area contributed by atoms with Crippen molar-refractivity contribution < 1.29 is 14.3 Å². The van der Waals surface area contributed by atoms with Crippen LogP contribution in [0, 0.1) is 0 Å². The fraction of sp³-hybridized carbons (Fsp3) is 0.381. The van der Waals surface area contributed by atoms with Gasteiger partial charge in [-0.2, -0.15) is 0 Å². The Balaban J connectivity index is 1.47. The highest BCUT2D eigenvalue weighted by Gasteiger charge is 2.19. The van der Waals surface area contributed by atoms with Crippen molar-refractivity contribution in [2.45, 2.75) is 26.2 Å². The fourth-order valence-electron chi connectivity index (χ4n) is 3.63. The van der Waals surface area contributed by atoms with Crippen molar-refractivity contribution in [2.24, 2.45) is 0 Å². The molecule has 0 aliphatic carbocycles. The number of likely N-dealkylation sites (N-methyl/N-ethyl adjacent to an activating group) is 1. The number of hydrogen-bond donors (Lipinski definition) is 1. The van der Waals surface area contributed by atoms with Crippen molar-refractivity contribution in [1.82, 2.24) is 0 Å². The largest absolute Gasteiger partial charge is 0.489 e. The van der Waals surface area contributed by atoms with Crippen LogP contribution in [0.25, 0.3) is 0 Å². The molecule has 2 aliphatic rings. The molecule has 2 aliphatic heterocycles. The molecule has 0 fully saturated rings. The van der Waals surface area contributed by atoms with Crippen LogP contribution in [0.4, 0.5) is 11.4 Å². The highest BCUT2D eigenvalue weighted by Crippen LogP contribution is 2.38. The SMILES string of the molecule is CCN1CCc2ccc(NC(=O)Cc3cc(Cl)c4c(c3)OCCCO4)cc21. The number of ether oxygens (including phenoxy) is 2. The smallest absolute Gasteiger partial charge is 0.228 e. The first kappa shape index (κ1) is 18.0. The first-order chi connectivity index (χ1) is 13.1.